The average molecular weight is 391 g/mol. The molecule has 0 fully saturated rings. The Morgan fingerprint density at radius 3 is 2.48 bits per heavy atom. The van der Waals surface area contributed by atoms with Crippen molar-refractivity contribution in [2.24, 2.45) is 5.73 Å². The second kappa shape index (κ2) is 7.39. The number of anilines is 1. The molecule has 0 aliphatic rings. The standard InChI is InChI=1S/C18H15ClN2O2S2/c1-2-12-7-8-14(25-12)17(23)21-18-15(16(20)22)13(9-24-18)10-3-5-11(19)6-4-10/h3-9H,2H2,1H3,(H2,20,22)(H,21,23). The Morgan fingerprint density at radius 1 is 1.16 bits per heavy atom. The van der Waals surface area contributed by atoms with Gasteiger partial charge in [0.15, 0.2) is 0 Å². The minimum Gasteiger partial charge on any atom is -0.365 e. The quantitative estimate of drug-likeness (QED) is 0.640. The minimum absolute atomic E-state index is 0.239. The molecule has 0 spiro atoms. The number of nitrogens with one attached hydrogen (secondary N) is 1. The summed E-state index contributed by atoms with van der Waals surface area (Å²) >= 11 is 8.63. The summed E-state index contributed by atoms with van der Waals surface area (Å²) in [5, 5.41) is 5.68. The van der Waals surface area contributed by atoms with Crippen LogP contribution >= 0.6 is 34.3 Å². The molecule has 128 valence electrons. The number of primary amides is 1. The second-order valence-corrected chi connectivity index (χ2v) is 7.78. The SMILES string of the molecule is CCc1ccc(C(=O)Nc2scc(-c3ccc(Cl)cc3)c2C(N)=O)s1. The zero-order valence-corrected chi connectivity index (χ0v) is 15.7. The van der Waals surface area contributed by atoms with E-state index in [0.717, 1.165) is 16.9 Å². The lowest BCUT2D eigenvalue weighted by Gasteiger charge is -2.06. The number of thiophene rings is 2. The third kappa shape index (κ3) is 3.76. The van der Waals surface area contributed by atoms with E-state index in [-0.39, 0.29) is 5.91 Å². The fourth-order valence-corrected chi connectivity index (χ4v) is 4.33. The number of halogens is 1. The average Bonchev–Trinajstić information content (AvgIpc) is 3.22. The lowest BCUT2D eigenvalue weighted by atomic mass is 10.0. The molecule has 0 saturated heterocycles. The summed E-state index contributed by atoms with van der Waals surface area (Å²) in [6.45, 7) is 2.04. The van der Waals surface area contributed by atoms with Gasteiger partial charge in [0.1, 0.15) is 5.00 Å². The van der Waals surface area contributed by atoms with Crippen molar-refractivity contribution >= 4 is 51.1 Å². The number of benzene rings is 1. The van der Waals surface area contributed by atoms with Gasteiger partial charge in [0.05, 0.1) is 10.4 Å². The van der Waals surface area contributed by atoms with Gasteiger partial charge in [-0.1, -0.05) is 30.7 Å². The van der Waals surface area contributed by atoms with Crippen LogP contribution < -0.4 is 11.1 Å². The number of nitrogens with two attached hydrogens (primary N) is 1. The van der Waals surface area contributed by atoms with Crippen LogP contribution in [0.25, 0.3) is 11.1 Å². The molecule has 3 aromatic rings. The van der Waals surface area contributed by atoms with Crippen LogP contribution in [0.3, 0.4) is 0 Å². The molecule has 0 bridgehead atoms. The number of rotatable bonds is 5. The maximum absolute atomic E-state index is 12.4. The van der Waals surface area contributed by atoms with Crippen LogP contribution in [0, 0.1) is 0 Å². The number of carbonyl (C=O) groups excluding carboxylic acids is 2. The van der Waals surface area contributed by atoms with E-state index in [0.29, 0.717) is 26.0 Å². The fraction of sp³-hybridized carbons (Fsp3) is 0.111. The number of hydrogen-bond acceptors (Lipinski definition) is 4. The van der Waals surface area contributed by atoms with Gasteiger partial charge in [-0.15, -0.1) is 22.7 Å². The highest BCUT2D eigenvalue weighted by Crippen LogP contribution is 2.36. The first-order valence-corrected chi connectivity index (χ1v) is 9.64. The van der Waals surface area contributed by atoms with E-state index in [1.54, 1.807) is 18.2 Å². The Morgan fingerprint density at radius 2 is 1.88 bits per heavy atom. The van der Waals surface area contributed by atoms with Crippen molar-refractivity contribution in [3.05, 3.63) is 62.1 Å². The van der Waals surface area contributed by atoms with E-state index in [1.807, 2.05) is 30.5 Å². The Kier molecular flexibility index (Phi) is 5.22. The molecule has 0 saturated carbocycles. The van der Waals surface area contributed by atoms with Gasteiger partial charge in [0, 0.05) is 20.8 Å². The molecule has 0 aliphatic heterocycles. The van der Waals surface area contributed by atoms with Crippen molar-refractivity contribution < 1.29 is 9.59 Å². The van der Waals surface area contributed by atoms with Gasteiger partial charge in [-0.05, 0) is 36.2 Å². The van der Waals surface area contributed by atoms with E-state index < -0.39 is 5.91 Å². The van der Waals surface area contributed by atoms with Crippen molar-refractivity contribution in [2.75, 3.05) is 5.32 Å². The van der Waals surface area contributed by atoms with Crippen molar-refractivity contribution in [3.63, 3.8) is 0 Å². The molecule has 1 aromatic carbocycles. The van der Waals surface area contributed by atoms with Crippen LogP contribution in [-0.2, 0) is 6.42 Å². The third-order valence-electron chi connectivity index (χ3n) is 3.65. The van der Waals surface area contributed by atoms with Gasteiger partial charge in [-0.3, -0.25) is 9.59 Å². The van der Waals surface area contributed by atoms with E-state index in [2.05, 4.69) is 5.32 Å². The Labute approximate surface area is 158 Å². The third-order valence-corrected chi connectivity index (χ3v) is 6.03. The first-order valence-electron chi connectivity index (χ1n) is 7.57. The summed E-state index contributed by atoms with van der Waals surface area (Å²) < 4.78 is 0. The molecular formula is C18H15ClN2O2S2. The molecule has 0 radical (unpaired) electrons. The van der Waals surface area contributed by atoms with E-state index in [1.165, 1.54) is 22.7 Å². The summed E-state index contributed by atoms with van der Waals surface area (Å²) in [7, 11) is 0. The Bertz CT molecular complexity index is 929. The number of amides is 2. The molecule has 3 N–H and O–H groups in total. The molecule has 2 aromatic heterocycles. The Balaban J connectivity index is 1.93. The topological polar surface area (TPSA) is 72.2 Å². The fourth-order valence-electron chi connectivity index (χ4n) is 2.39. The number of aryl methyl sites for hydroxylation is 1. The molecule has 0 atom stereocenters. The van der Waals surface area contributed by atoms with Gasteiger partial charge >= 0.3 is 0 Å². The van der Waals surface area contributed by atoms with Gasteiger partial charge in [0.25, 0.3) is 11.8 Å². The maximum atomic E-state index is 12.4. The predicted molar refractivity (Wildman–Crippen MR) is 105 cm³/mol. The molecule has 7 heteroatoms. The van der Waals surface area contributed by atoms with Crippen molar-refractivity contribution in [2.45, 2.75) is 13.3 Å². The van der Waals surface area contributed by atoms with Crippen LogP contribution in [0.4, 0.5) is 5.00 Å². The van der Waals surface area contributed by atoms with Crippen LogP contribution in [0.15, 0.2) is 41.8 Å². The highest BCUT2D eigenvalue weighted by atomic mass is 35.5. The zero-order chi connectivity index (χ0) is 18.0. The lowest BCUT2D eigenvalue weighted by Crippen LogP contribution is -2.16. The van der Waals surface area contributed by atoms with Crippen molar-refractivity contribution in [1.29, 1.82) is 0 Å². The second-order valence-electron chi connectivity index (χ2n) is 5.30. The first-order chi connectivity index (χ1) is 12.0. The van der Waals surface area contributed by atoms with E-state index in [9.17, 15) is 9.59 Å². The van der Waals surface area contributed by atoms with Crippen molar-refractivity contribution in [1.82, 2.24) is 0 Å². The normalized spacial score (nSPS) is 10.6. The van der Waals surface area contributed by atoms with Crippen LogP contribution in [0.5, 0.6) is 0 Å². The summed E-state index contributed by atoms with van der Waals surface area (Å²) in [4.78, 5) is 26.1. The highest BCUT2D eigenvalue weighted by molar-refractivity contribution is 7.16. The van der Waals surface area contributed by atoms with Crippen LogP contribution in [0.2, 0.25) is 5.02 Å². The first kappa shape index (κ1) is 17.7. The zero-order valence-electron chi connectivity index (χ0n) is 13.3. The van der Waals surface area contributed by atoms with Gasteiger partial charge in [0.2, 0.25) is 0 Å². The predicted octanol–water partition coefficient (Wildman–Crippen LogP) is 5.04. The molecular weight excluding hydrogens is 376 g/mol. The molecule has 2 heterocycles. The molecule has 3 rings (SSSR count). The van der Waals surface area contributed by atoms with Gasteiger partial charge in [-0.25, -0.2) is 0 Å². The summed E-state index contributed by atoms with van der Waals surface area (Å²) in [5.41, 5.74) is 7.38. The Hall–Kier alpha value is -2.15. The number of hydrogen-bond donors (Lipinski definition) is 2. The smallest absolute Gasteiger partial charge is 0.266 e. The van der Waals surface area contributed by atoms with Crippen LogP contribution in [0.1, 0.15) is 31.8 Å². The van der Waals surface area contributed by atoms with E-state index >= 15 is 0 Å². The molecule has 25 heavy (non-hydrogen) atoms. The number of carbonyl (C=O) groups is 2. The molecule has 2 amide bonds. The lowest BCUT2D eigenvalue weighted by molar-refractivity contribution is 0.100. The largest absolute Gasteiger partial charge is 0.365 e. The maximum Gasteiger partial charge on any atom is 0.266 e. The van der Waals surface area contributed by atoms with Crippen molar-refractivity contribution in [3.8, 4) is 11.1 Å². The monoisotopic (exact) mass is 390 g/mol. The highest BCUT2D eigenvalue weighted by Gasteiger charge is 2.20. The van der Waals surface area contributed by atoms with Gasteiger partial charge in [-0.2, -0.15) is 0 Å². The van der Waals surface area contributed by atoms with Gasteiger partial charge < -0.3 is 11.1 Å². The van der Waals surface area contributed by atoms with Crippen LogP contribution in [-0.4, -0.2) is 11.8 Å². The van der Waals surface area contributed by atoms with E-state index in [4.69, 9.17) is 17.3 Å². The summed E-state index contributed by atoms with van der Waals surface area (Å²) in [6, 6.07) is 10.8. The molecule has 0 unspecified atom stereocenters. The summed E-state index contributed by atoms with van der Waals surface area (Å²) in [6.07, 6.45) is 0.879. The molecule has 4 nitrogen and oxygen atoms in total. The summed E-state index contributed by atoms with van der Waals surface area (Å²) in [5.74, 6) is -0.821. The minimum atomic E-state index is -0.582. The molecule has 0 aliphatic carbocycles.